The Kier molecular flexibility index (Phi) is 2.33. The van der Waals surface area contributed by atoms with Crippen molar-refractivity contribution in [2.24, 2.45) is 0 Å². The highest BCUT2D eigenvalue weighted by Gasteiger charge is 2.25. The van der Waals surface area contributed by atoms with Crippen LogP contribution in [-0.2, 0) is 0 Å². The van der Waals surface area contributed by atoms with Crippen LogP contribution in [0.25, 0.3) is 0 Å². The normalized spacial score (nSPS) is 26.6. The summed E-state index contributed by atoms with van der Waals surface area (Å²) in [6, 6.07) is 5.01. The molecule has 1 fully saturated rings. The predicted molar refractivity (Wildman–Crippen MR) is 55.1 cm³/mol. The molecule has 0 spiro atoms. The SMILES string of the molecule is Nc1ccc(O)cc1C1CCC(O)C1. The van der Waals surface area contributed by atoms with Gasteiger partial charge in [0.25, 0.3) is 0 Å². The monoisotopic (exact) mass is 193 g/mol. The number of phenols is 1. The number of phenolic OH excluding ortho intramolecular Hbond substituents is 1. The van der Waals surface area contributed by atoms with Gasteiger partial charge in [0, 0.05) is 5.69 Å². The first-order valence-corrected chi connectivity index (χ1v) is 4.93. The fourth-order valence-corrected chi connectivity index (χ4v) is 2.16. The third-order valence-corrected chi connectivity index (χ3v) is 2.92. The lowest BCUT2D eigenvalue weighted by Gasteiger charge is -2.12. The lowest BCUT2D eigenvalue weighted by Crippen LogP contribution is -2.02. The number of rotatable bonds is 1. The number of hydrogen-bond donors (Lipinski definition) is 3. The van der Waals surface area contributed by atoms with Crippen molar-refractivity contribution in [2.75, 3.05) is 5.73 Å². The summed E-state index contributed by atoms with van der Waals surface area (Å²) in [5, 5.41) is 18.8. The highest BCUT2D eigenvalue weighted by Crippen LogP contribution is 2.38. The molecule has 0 radical (unpaired) electrons. The third kappa shape index (κ3) is 1.68. The molecule has 0 aliphatic heterocycles. The van der Waals surface area contributed by atoms with Crippen LogP contribution in [-0.4, -0.2) is 16.3 Å². The number of aromatic hydroxyl groups is 1. The van der Waals surface area contributed by atoms with Crippen molar-refractivity contribution in [2.45, 2.75) is 31.3 Å². The summed E-state index contributed by atoms with van der Waals surface area (Å²) >= 11 is 0. The van der Waals surface area contributed by atoms with Gasteiger partial charge in [-0.1, -0.05) is 0 Å². The number of hydrogen-bond acceptors (Lipinski definition) is 3. The zero-order valence-corrected chi connectivity index (χ0v) is 7.98. The van der Waals surface area contributed by atoms with E-state index in [-0.39, 0.29) is 11.9 Å². The molecule has 3 nitrogen and oxygen atoms in total. The summed E-state index contributed by atoms with van der Waals surface area (Å²) in [7, 11) is 0. The molecule has 2 unspecified atom stereocenters. The minimum Gasteiger partial charge on any atom is -0.508 e. The van der Waals surface area contributed by atoms with E-state index in [9.17, 15) is 10.2 Å². The standard InChI is InChI=1S/C11H15NO2/c12-11-4-3-9(14)6-10(11)7-1-2-8(13)5-7/h3-4,6-8,13-14H,1-2,5,12H2. The van der Waals surface area contributed by atoms with Crippen LogP contribution < -0.4 is 5.73 Å². The Morgan fingerprint density at radius 1 is 1.29 bits per heavy atom. The molecule has 1 aliphatic rings. The van der Waals surface area contributed by atoms with E-state index in [0.29, 0.717) is 11.6 Å². The van der Waals surface area contributed by atoms with Crippen LogP contribution in [0.15, 0.2) is 18.2 Å². The molecule has 1 aromatic carbocycles. The molecule has 0 saturated heterocycles. The summed E-state index contributed by atoms with van der Waals surface area (Å²) in [5.74, 6) is 0.549. The van der Waals surface area contributed by atoms with Crippen LogP contribution in [0.4, 0.5) is 5.69 Å². The average Bonchev–Trinajstić information content (AvgIpc) is 2.56. The molecule has 1 aromatic rings. The summed E-state index contributed by atoms with van der Waals surface area (Å²) in [6.07, 6.45) is 2.34. The van der Waals surface area contributed by atoms with Gasteiger partial charge >= 0.3 is 0 Å². The Hall–Kier alpha value is -1.22. The molecule has 0 amide bonds. The lowest BCUT2D eigenvalue weighted by atomic mass is 9.96. The van der Waals surface area contributed by atoms with Crippen molar-refractivity contribution in [3.8, 4) is 5.75 Å². The largest absolute Gasteiger partial charge is 0.508 e. The smallest absolute Gasteiger partial charge is 0.116 e. The van der Waals surface area contributed by atoms with Crippen LogP contribution in [0.1, 0.15) is 30.7 Å². The Labute approximate surface area is 83.2 Å². The maximum atomic E-state index is 9.42. The van der Waals surface area contributed by atoms with E-state index in [1.807, 2.05) is 0 Å². The molecule has 1 aliphatic carbocycles. The average molecular weight is 193 g/mol. The number of anilines is 1. The van der Waals surface area contributed by atoms with Gasteiger partial charge in [-0.3, -0.25) is 0 Å². The Balaban J connectivity index is 2.27. The fourth-order valence-electron chi connectivity index (χ4n) is 2.16. The van der Waals surface area contributed by atoms with Gasteiger partial charge in [-0.05, 0) is 48.9 Å². The van der Waals surface area contributed by atoms with Gasteiger partial charge < -0.3 is 15.9 Å². The van der Waals surface area contributed by atoms with E-state index < -0.39 is 0 Å². The topological polar surface area (TPSA) is 66.5 Å². The molecular weight excluding hydrogens is 178 g/mol. The number of nitrogen functional groups attached to an aromatic ring is 1. The third-order valence-electron chi connectivity index (χ3n) is 2.92. The highest BCUT2D eigenvalue weighted by molar-refractivity contribution is 5.52. The molecule has 2 rings (SSSR count). The molecule has 3 heteroatoms. The van der Waals surface area contributed by atoms with Crippen LogP contribution in [0.2, 0.25) is 0 Å². The molecule has 14 heavy (non-hydrogen) atoms. The van der Waals surface area contributed by atoms with E-state index in [0.717, 1.165) is 24.8 Å². The second kappa shape index (κ2) is 3.50. The Morgan fingerprint density at radius 2 is 2.07 bits per heavy atom. The Bertz CT molecular complexity index is 338. The maximum Gasteiger partial charge on any atom is 0.116 e. The second-order valence-corrected chi connectivity index (χ2v) is 3.98. The molecular formula is C11H15NO2. The van der Waals surface area contributed by atoms with Gasteiger partial charge in [0.05, 0.1) is 6.10 Å². The zero-order valence-electron chi connectivity index (χ0n) is 7.98. The first kappa shape index (κ1) is 9.34. The zero-order chi connectivity index (χ0) is 10.1. The molecule has 0 heterocycles. The van der Waals surface area contributed by atoms with E-state index >= 15 is 0 Å². The van der Waals surface area contributed by atoms with Crippen molar-refractivity contribution >= 4 is 5.69 Å². The van der Waals surface area contributed by atoms with Crippen LogP contribution in [0.3, 0.4) is 0 Å². The van der Waals surface area contributed by atoms with E-state index in [1.54, 1.807) is 18.2 Å². The first-order chi connectivity index (χ1) is 6.66. The lowest BCUT2D eigenvalue weighted by molar-refractivity contribution is 0.181. The van der Waals surface area contributed by atoms with Crippen molar-refractivity contribution in [3.05, 3.63) is 23.8 Å². The van der Waals surface area contributed by atoms with Gasteiger partial charge in [-0.25, -0.2) is 0 Å². The Morgan fingerprint density at radius 3 is 2.71 bits per heavy atom. The van der Waals surface area contributed by atoms with E-state index in [2.05, 4.69) is 0 Å². The number of nitrogens with two attached hydrogens (primary N) is 1. The quantitative estimate of drug-likeness (QED) is 0.469. The van der Waals surface area contributed by atoms with Gasteiger partial charge in [0.1, 0.15) is 5.75 Å². The molecule has 76 valence electrons. The van der Waals surface area contributed by atoms with Gasteiger partial charge in [-0.15, -0.1) is 0 Å². The van der Waals surface area contributed by atoms with Gasteiger partial charge in [-0.2, -0.15) is 0 Å². The molecule has 2 atom stereocenters. The maximum absolute atomic E-state index is 9.42. The molecule has 0 aromatic heterocycles. The second-order valence-electron chi connectivity index (χ2n) is 3.98. The first-order valence-electron chi connectivity index (χ1n) is 4.93. The van der Waals surface area contributed by atoms with E-state index in [1.165, 1.54) is 0 Å². The van der Waals surface area contributed by atoms with Crippen LogP contribution in [0.5, 0.6) is 5.75 Å². The van der Waals surface area contributed by atoms with Crippen molar-refractivity contribution in [3.63, 3.8) is 0 Å². The summed E-state index contributed by atoms with van der Waals surface area (Å²) in [4.78, 5) is 0. The number of benzene rings is 1. The van der Waals surface area contributed by atoms with Crippen molar-refractivity contribution in [1.82, 2.24) is 0 Å². The van der Waals surface area contributed by atoms with Crippen LogP contribution >= 0.6 is 0 Å². The van der Waals surface area contributed by atoms with Crippen LogP contribution in [0, 0.1) is 0 Å². The summed E-state index contributed by atoms with van der Waals surface area (Å²) in [6.45, 7) is 0. The number of aliphatic hydroxyl groups excluding tert-OH is 1. The number of aliphatic hydroxyl groups is 1. The van der Waals surface area contributed by atoms with Crippen molar-refractivity contribution < 1.29 is 10.2 Å². The summed E-state index contributed by atoms with van der Waals surface area (Å²) < 4.78 is 0. The molecule has 4 N–H and O–H groups in total. The molecule has 1 saturated carbocycles. The minimum absolute atomic E-state index is 0.207. The minimum atomic E-state index is -0.207. The highest BCUT2D eigenvalue weighted by atomic mass is 16.3. The van der Waals surface area contributed by atoms with Crippen molar-refractivity contribution in [1.29, 1.82) is 0 Å². The van der Waals surface area contributed by atoms with Gasteiger partial charge in [0.15, 0.2) is 0 Å². The summed E-state index contributed by atoms with van der Waals surface area (Å²) in [5.41, 5.74) is 7.51. The van der Waals surface area contributed by atoms with Gasteiger partial charge in [0.2, 0.25) is 0 Å². The predicted octanol–water partition coefficient (Wildman–Crippen LogP) is 1.60. The molecule has 0 bridgehead atoms. The fraction of sp³-hybridized carbons (Fsp3) is 0.455. The van der Waals surface area contributed by atoms with E-state index in [4.69, 9.17) is 5.73 Å².